The molecule has 0 aromatic carbocycles. The summed E-state index contributed by atoms with van der Waals surface area (Å²) in [7, 11) is 0. The van der Waals surface area contributed by atoms with Crippen molar-refractivity contribution in [3.8, 4) is 0 Å². The van der Waals surface area contributed by atoms with Gasteiger partial charge in [-0.2, -0.15) is 0 Å². The lowest BCUT2D eigenvalue weighted by Gasteiger charge is -1.99. The molecular weight excluding hydrogens is 144 g/mol. The van der Waals surface area contributed by atoms with E-state index in [1.807, 2.05) is 6.92 Å². The van der Waals surface area contributed by atoms with Crippen LogP contribution in [0.4, 0.5) is 0 Å². The average molecular weight is 158 g/mol. The van der Waals surface area contributed by atoms with Gasteiger partial charge in [-0.3, -0.25) is 9.59 Å². The van der Waals surface area contributed by atoms with Gasteiger partial charge in [-0.05, 0) is 6.92 Å². The molecule has 0 fully saturated rings. The zero-order valence-corrected chi connectivity index (χ0v) is 6.72. The van der Waals surface area contributed by atoms with Crippen LogP contribution in [0.1, 0.15) is 19.8 Å². The zero-order chi connectivity index (χ0) is 8.69. The van der Waals surface area contributed by atoms with Crippen LogP contribution in [0.25, 0.3) is 0 Å². The minimum absolute atomic E-state index is 0.0272. The van der Waals surface area contributed by atoms with Crippen LogP contribution in [0, 0.1) is 0 Å². The predicted molar refractivity (Wildman–Crippen MR) is 42.0 cm³/mol. The third-order valence-electron chi connectivity index (χ3n) is 1.23. The zero-order valence-electron chi connectivity index (χ0n) is 6.72. The molecule has 0 aliphatic rings. The average Bonchev–Trinajstić information content (AvgIpc) is 2.01. The number of hydrogen-bond donors (Lipinski definition) is 2. The van der Waals surface area contributed by atoms with Gasteiger partial charge in [0.25, 0.3) is 0 Å². The number of rotatable bonds is 5. The fourth-order valence-electron chi connectivity index (χ4n) is 0.641. The number of carbonyl (C=O) groups excluding carboxylic acids is 2. The van der Waals surface area contributed by atoms with Crippen molar-refractivity contribution in [2.24, 2.45) is 5.73 Å². The summed E-state index contributed by atoms with van der Waals surface area (Å²) in [5, 5.41) is 2.59. The SMILES string of the molecule is CCNC(=O)CCC(=O)CN. The second-order valence-corrected chi connectivity index (χ2v) is 2.20. The Bertz CT molecular complexity index is 145. The monoisotopic (exact) mass is 158 g/mol. The summed E-state index contributed by atoms with van der Waals surface area (Å²) in [6.45, 7) is 2.47. The minimum Gasteiger partial charge on any atom is -0.356 e. The van der Waals surface area contributed by atoms with Crippen molar-refractivity contribution in [3.63, 3.8) is 0 Å². The van der Waals surface area contributed by atoms with Gasteiger partial charge in [-0.15, -0.1) is 0 Å². The molecule has 4 nitrogen and oxygen atoms in total. The molecule has 3 N–H and O–H groups in total. The Morgan fingerprint density at radius 1 is 1.36 bits per heavy atom. The Morgan fingerprint density at radius 2 is 2.00 bits per heavy atom. The standard InChI is InChI=1S/C7H14N2O2/c1-2-9-7(11)4-3-6(10)5-8/h2-5,8H2,1H3,(H,9,11). The first-order valence-corrected chi connectivity index (χ1v) is 3.69. The summed E-state index contributed by atoms with van der Waals surface area (Å²) < 4.78 is 0. The highest BCUT2D eigenvalue weighted by Gasteiger charge is 2.03. The first-order valence-electron chi connectivity index (χ1n) is 3.69. The molecule has 0 spiro atoms. The first kappa shape index (κ1) is 10.1. The van der Waals surface area contributed by atoms with Gasteiger partial charge in [0.1, 0.15) is 5.78 Å². The van der Waals surface area contributed by atoms with Crippen molar-refractivity contribution in [1.82, 2.24) is 5.32 Å². The van der Waals surface area contributed by atoms with E-state index in [0.717, 1.165) is 0 Å². The third kappa shape index (κ3) is 5.54. The number of amides is 1. The largest absolute Gasteiger partial charge is 0.356 e. The highest BCUT2D eigenvalue weighted by molar-refractivity contribution is 5.85. The van der Waals surface area contributed by atoms with Gasteiger partial charge in [0.15, 0.2) is 0 Å². The molecule has 0 heterocycles. The molecule has 11 heavy (non-hydrogen) atoms. The van der Waals surface area contributed by atoms with Crippen LogP contribution in [-0.4, -0.2) is 24.8 Å². The molecule has 0 unspecified atom stereocenters. The molecule has 4 heteroatoms. The summed E-state index contributed by atoms with van der Waals surface area (Å²) in [5.41, 5.74) is 5.05. The van der Waals surface area contributed by atoms with Crippen LogP contribution in [-0.2, 0) is 9.59 Å². The molecule has 0 aromatic heterocycles. The van der Waals surface area contributed by atoms with E-state index in [0.29, 0.717) is 6.54 Å². The number of hydrogen-bond acceptors (Lipinski definition) is 3. The Hall–Kier alpha value is -0.900. The predicted octanol–water partition coefficient (Wildman–Crippen LogP) is -0.569. The van der Waals surface area contributed by atoms with Gasteiger partial charge in [0, 0.05) is 19.4 Å². The molecule has 0 radical (unpaired) electrons. The Kier molecular flexibility index (Phi) is 5.37. The fraction of sp³-hybridized carbons (Fsp3) is 0.714. The molecule has 64 valence electrons. The van der Waals surface area contributed by atoms with Gasteiger partial charge in [-0.25, -0.2) is 0 Å². The summed E-state index contributed by atoms with van der Waals surface area (Å²) in [5.74, 6) is -0.162. The summed E-state index contributed by atoms with van der Waals surface area (Å²) in [6.07, 6.45) is 0.506. The van der Waals surface area contributed by atoms with Crippen LogP contribution >= 0.6 is 0 Å². The fourth-order valence-corrected chi connectivity index (χ4v) is 0.641. The van der Waals surface area contributed by atoms with Gasteiger partial charge in [0.05, 0.1) is 6.54 Å². The molecule has 0 bridgehead atoms. The van der Waals surface area contributed by atoms with Crippen LogP contribution < -0.4 is 11.1 Å². The molecule has 0 aliphatic heterocycles. The lowest BCUT2D eigenvalue weighted by molar-refractivity contribution is -0.124. The maximum absolute atomic E-state index is 10.8. The number of ketones is 1. The Labute approximate surface area is 66.1 Å². The molecule has 0 aromatic rings. The maximum atomic E-state index is 10.8. The van der Waals surface area contributed by atoms with E-state index in [1.54, 1.807) is 0 Å². The molecule has 0 atom stereocenters. The maximum Gasteiger partial charge on any atom is 0.220 e. The van der Waals surface area contributed by atoms with E-state index in [-0.39, 0.29) is 31.1 Å². The van der Waals surface area contributed by atoms with Gasteiger partial charge in [0.2, 0.25) is 5.91 Å². The van der Waals surface area contributed by atoms with Crippen molar-refractivity contribution >= 4 is 11.7 Å². The second kappa shape index (κ2) is 5.85. The summed E-state index contributed by atoms with van der Waals surface area (Å²) >= 11 is 0. The third-order valence-corrected chi connectivity index (χ3v) is 1.23. The molecule has 1 amide bonds. The summed E-state index contributed by atoms with van der Waals surface area (Å²) in [4.78, 5) is 21.4. The number of nitrogens with one attached hydrogen (secondary N) is 1. The molecule has 0 aliphatic carbocycles. The lowest BCUT2D eigenvalue weighted by atomic mass is 10.2. The number of Topliss-reactive ketones (excluding diaryl/α,β-unsaturated/α-hetero) is 1. The van der Waals surface area contributed by atoms with Crippen LogP contribution in [0.5, 0.6) is 0 Å². The summed E-state index contributed by atoms with van der Waals surface area (Å²) in [6, 6.07) is 0. The van der Waals surface area contributed by atoms with Gasteiger partial charge < -0.3 is 11.1 Å². The van der Waals surface area contributed by atoms with Crippen LogP contribution in [0.3, 0.4) is 0 Å². The van der Waals surface area contributed by atoms with E-state index >= 15 is 0 Å². The van der Waals surface area contributed by atoms with Crippen molar-refractivity contribution in [2.45, 2.75) is 19.8 Å². The Morgan fingerprint density at radius 3 is 2.45 bits per heavy atom. The molecule has 0 saturated carbocycles. The minimum atomic E-state index is -0.0886. The smallest absolute Gasteiger partial charge is 0.220 e. The highest BCUT2D eigenvalue weighted by Crippen LogP contribution is 1.88. The van der Waals surface area contributed by atoms with Crippen molar-refractivity contribution in [3.05, 3.63) is 0 Å². The second-order valence-electron chi connectivity index (χ2n) is 2.20. The molecule has 0 saturated heterocycles. The topological polar surface area (TPSA) is 72.2 Å². The van der Waals surface area contributed by atoms with Gasteiger partial charge >= 0.3 is 0 Å². The van der Waals surface area contributed by atoms with E-state index in [4.69, 9.17) is 5.73 Å². The van der Waals surface area contributed by atoms with E-state index in [1.165, 1.54) is 0 Å². The highest BCUT2D eigenvalue weighted by atomic mass is 16.2. The van der Waals surface area contributed by atoms with Crippen LogP contribution in [0.2, 0.25) is 0 Å². The van der Waals surface area contributed by atoms with E-state index in [9.17, 15) is 9.59 Å². The quantitative estimate of drug-likeness (QED) is 0.563. The normalized spacial score (nSPS) is 9.27. The first-order chi connectivity index (χ1) is 5.20. The van der Waals surface area contributed by atoms with E-state index < -0.39 is 0 Å². The van der Waals surface area contributed by atoms with Crippen molar-refractivity contribution in [1.29, 1.82) is 0 Å². The van der Waals surface area contributed by atoms with E-state index in [2.05, 4.69) is 5.32 Å². The lowest BCUT2D eigenvalue weighted by Crippen LogP contribution is -2.24. The molecule has 0 rings (SSSR count). The molecular formula is C7H14N2O2. The van der Waals surface area contributed by atoms with Gasteiger partial charge in [-0.1, -0.05) is 0 Å². The van der Waals surface area contributed by atoms with Crippen molar-refractivity contribution < 1.29 is 9.59 Å². The van der Waals surface area contributed by atoms with Crippen molar-refractivity contribution in [2.75, 3.05) is 13.1 Å². The Balaban J connectivity index is 3.38. The number of nitrogens with two attached hydrogens (primary N) is 1. The van der Waals surface area contributed by atoms with Crippen LogP contribution in [0.15, 0.2) is 0 Å². The number of carbonyl (C=O) groups is 2.